The molecule has 0 spiro atoms. The maximum Gasteiger partial charge on any atom is 0.0226 e. The quantitative estimate of drug-likeness (QED) is 0.559. The van der Waals surface area contributed by atoms with E-state index in [2.05, 4.69) is 5.32 Å². The Hall–Kier alpha value is 0.250. The van der Waals surface area contributed by atoms with Gasteiger partial charge in [0.1, 0.15) is 0 Å². The summed E-state index contributed by atoms with van der Waals surface area (Å²) in [5.41, 5.74) is 0. The normalized spacial score (nSPS) is 28.9. The molecule has 1 rings (SSSR count). The molecular formula is C6H12ClN. The Bertz CT molecular complexity index is 59.5. The fraction of sp³-hybridized carbons (Fsp3) is 1.00. The van der Waals surface area contributed by atoms with Gasteiger partial charge in [0.05, 0.1) is 0 Å². The zero-order valence-electron chi connectivity index (χ0n) is 4.99. The molecule has 2 heteroatoms. The number of alkyl halides is 1. The number of hydrogen-bond donors (Lipinski definition) is 1. The predicted octanol–water partition coefficient (Wildman–Crippen LogP) is 1.22. The van der Waals surface area contributed by atoms with Crippen molar-refractivity contribution < 1.29 is 0 Å². The van der Waals surface area contributed by atoms with Crippen LogP contribution in [-0.4, -0.2) is 19.0 Å². The highest BCUT2D eigenvalue weighted by Crippen LogP contribution is 2.11. The van der Waals surface area contributed by atoms with E-state index in [4.69, 9.17) is 11.6 Å². The summed E-state index contributed by atoms with van der Waals surface area (Å²) in [4.78, 5) is 0. The summed E-state index contributed by atoms with van der Waals surface area (Å²) in [6.45, 7) is 2.38. The van der Waals surface area contributed by atoms with Crippen molar-refractivity contribution in [1.82, 2.24) is 5.32 Å². The summed E-state index contributed by atoms with van der Waals surface area (Å²) < 4.78 is 0. The van der Waals surface area contributed by atoms with Gasteiger partial charge in [0.15, 0.2) is 0 Å². The lowest BCUT2D eigenvalue weighted by Gasteiger charge is -2.01. The summed E-state index contributed by atoms with van der Waals surface area (Å²) in [7, 11) is 0. The molecule has 1 nitrogen and oxygen atoms in total. The first-order chi connectivity index (χ1) is 3.93. The van der Waals surface area contributed by atoms with E-state index in [1.807, 2.05) is 0 Å². The first-order valence-corrected chi connectivity index (χ1v) is 3.73. The average Bonchev–Trinajstić information content (AvgIpc) is 2.19. The lowest BCUT2D eigenvalue weighted by molar-refractivity contribution is 0.566. The summed E-state index contributed by atoms with van der Waals surface area (Å²) in [6.07, 6.45) is 2.52. The molecule has 0 saturated carbocycles. The van der Waals surface area contributed by atoms with Gasteiger partial charge in [0.25, 0.3) is 0 Å². The van der Waals surface area contributed by atoms with Crippen LogP contribution in [-0.2, 0) is 0 Å². The van der Waals surface area contributed by atoms with Crippen molar-refractivity contribution in [3.63, 3.8) is 0 Å². The van der Waals surface area contributed by atoms with Crippen molar-refractivity contribution in [1.29, 1.82) is 0 Å². The fourth-order valence-corrected chi connectivity index (χ4v) is 1.42. The molecule has 1 aliphatic heterocycles. The topological polar surface area (TPSA) is 12.0 Å². The molecule has 0 aliphatic carbocycles. The maximum absolute atomic E-state index is 5.55. The molecule has 1 atom stereocenters. The molecule has 1 saturated heterocycles. The largest absolute Gasteiger partial charge is 0.316 e. The molecule has 0 radical (unpaired) electrons. The smallest absolute Gasteiger partial charge is 0.0226 e. The minimum absolute atomic E-state index is 0.826. The molecule has 1 aliphatic rings. The van der Waals surface area contributed by atoms with E-state index in [0.717, 1.165) is 11.8 Å². The van der Waals surface area contributed by atoms with Crippen LogP contribution < -0.4 is 5.32 Å². The second-order valence-corrected chi connectivity index (χ2v) is 2.71. The van der Waals surface area contributed by atoms with Gasteiger partial charge in [-0.05, 0) is 31.8 Å². The van der Waals surface area contributed by atoms with E-state index in [1.54, 1.807) is 0 Å². The second-order valence-electron chi connectivity index (χ2n) is 2.34. The van der Waals surface area contributed by atoms with Gasteiger partial charge in [0, 0.05) is 5.88 Å². The van der Waals surface area contributed by atoms with Gasteiger partial charge in [-0.1, -0.05) is 0 Å². The minimum atomic E-state index is 0.826. The van der Waals surface area contributed by atoms with E-state index < -0.39 is 0 Å². The Kier molecular flexibility index (Phi) is 2.64. The van der Waals surface area contributed by atoms with Crippen molar-refractivity contribution in [3.8, 4) is 0 Å². The first kappa shape index (κ1) is 6.37. The van der Waals surface area contributed by atoms with Crippen LogP contribution >= 0.6 is 11.6 Å². The third kappa shape index (κ3) is 1.64. The molecule has 0 aromatic rings. The highest BCUT2D eigenvalue weighted by atomic mass is 35.5. The summed E-state index contributed by atoms with van der Waals surface area (Å²) in [5, 5.41) is 3.30. The van der Waals surface area contributed by atoms with Crippen LogP contribution in [0.25, 0.3) is 0 Å². The Balaban J connectivity index is 2.06. The monoisotopic (exact) mass is 133 g/mol. The van der Waals surface area contributed by atoms with E-state index in [0.29, 0.717) is 0 Å². The van der Waals surface area contributed by atoms with Crippen LogP contribution in [0.2, 0.25) is 0 Å². The maximum atomic E-state index is 5.55. The van der Waals surface area contributed by atoms with Crippen LogP contribution in [0.3, 0.4) is 0 Å². The van der Waals surface area contributed by atoms with Crippen molar-refractivity contribution in [2.75, 3.05) is 19.0 Å². The molecule has 8 heavy (non-hydrogen) atoms. The lowest BCUT2D eigenvalue weighted by Crippen LogP contribution is -2.08. The molecule has 1 heterocycles. The van der Waals surface area contributed by atoms with E-state index in [-0.39, 0.29) is 0 Å². The molecule has 0 bridgehead atoms. The van der Waals surface area contributed by atoms with Crippen LogP contribution in [0.4, 0.5) is 0 Å². The highest BCUT2D eigenvalue weighted by molar-refractivity contribution is 6.17. The van der Waals surface area contributed by atoms with Crippen molar-refractivity contribution in [2.24, 2.45) is 5.92 Å². The summed E-state index contributed by atoms with van der Waals surface area (Å²) in [5.74, 6) is 1.69. The minimum Gasteiger partial charge on any atom is -0.316 e. The summed E-state index contributed by atoms with van der Waals surface area (Å²) >= 11 is 5.55. The molecule has 0 aromatic heterocycles. The number of nitrogens with one attached hydrogen (secondary N) is 1. The molecule has 1 fully saturated rings. The standard InChI is InChI=1S/C6H12ClN/c7-3-1-6-2-4-8-5-6/h6,8H,1-5H2/t6-/m0/s1. The van der Waals surface area contributed by atoms with E-state index >= 15 is 0 Å². The Labute approximate surface area is 55.4 Å². The van der Waals surface area contributed by atoms with Crippen molar-refractivity contribution in [3.05, 3.63) is 0 Å². The van der Waals surface area contributed by atoms with Crippen LogP contribution in [0.1, 0.15) is 12.8 Å². The van der Waals surface area contributed by atoms with Crippen molar-refractivity contribution >= 4 is 11.6 Å². The van der Waals surface area contributed by atoms with Crippen LogP contribution in [0, 0.1) is 5.92 Å². The van der Waals surface area contributed by atoms with E-state index in [9.17, 15) is 0 Å². The van der Waals surface area contributed by atoms with Gasteiger partial charge in [-0.2, -0.15) is 0 Å². The molecule has 48 valence electrons. The highest BCUT2D eigenvalue weighted by Gasteiger charge is 2.12. The SMILES string of the molecule is ClCC[C@H]1CCNC1. The van der Waals surface area contributed by atoms with Crippen LogP contribution in [0.15, 0.2) is 0 Å². The third-order valence-electron chi connectivity index (χ3n) is 1.68. The predicted molar refractivity (Wildman–Crippen MR) is 36.3 cm³/mol. The van der Waals surface area contributed by atoms with Gasteiger partial charge >= 0.3 is 0 Å². The third-order valence-corrected chi connectivity index (χ3v) is 1.90. The second kappa shape index (κ2) is 3.31. The van der Waals surface area contributed by atoms with E-state index in [1.165, 1.54) is 25.9 Å². The average molecular weight is 134 g/mol. The Morgan fingerprint density at radius 1 is 1.62 bits per heavy atom. The lowest BCUT2D eigenvalue weighted by atomic mass is 10.1. The number of rotatable bonds is 2. The number of halogens is 1. The van der Waals surface area contributed by atoms with Crippen LogP contribution in [0.5, 0.6) is 0 Å². The first-order valence-electron chi connectivity index (χ1n) is 3.20. The number of hydrogen-bond acceptors (Lipinski definition) is 1. The van der Waals surface area contributed by atoms with Gasteiger partial charge < -0.3 is 5.32 Å². The van der Waals surface area contributed by atoms with Gasteiger partial charge in [-0.3, -0.25) is 0 Å². The van der Waals surface area contributed by atoms with Crippen molar-refractivity contribution in [2.45, 2.75) is 12.8 Å². The Morgan fingerprint density at radius 2 is 2.50 bits per heavy atom. The molecule has 0 aromatic carbocycles. The zero-order chi connectivity index (χ0) is 5.82. The van der Waals surface area contributed by atoms with Gasteiger partial charge in [-0.15, -0.1) is 11.6 Å². The summed E-state index contributed by atoms with van der Waals surface area (Å²) in [6, 6.07) is 0. The molecule has 1 N–H and O–H groups in total. The Morgan fingerprint density at radius 3 is 3.00 bits per heavy atom. The van der Waals surface area contributed by atoms with Gasteiger partial charge in [-0.25, -0.2) is 0 Å². The fourth-order valence-electron chi connectivity index (χ4n) is 1.12. The zero-order valence-corrected chi connectivity index (χ0v) is 5.75. The molecular weight excluding hydrogens is 122 g/mol. The molecule has 0 amide bonds. The molecule has 0 unspecified atom stereocenters. The van der Waals surface area contributed by atoms with Gasteiger partial charge in [0.2, 0.25) is 0 Å².